The summed E-state index contributed by atoms with van der Waals surface area (Å²) >= 11 is 0. The summed E-state index contributed by atoms with van der Waals surface area (Å²) in [5.41, 5.74) is 6.75. The van der Waals surface area contributed by atoms with Gasteiger partial charge < -0.3 is 15.4 Å². The number of carbonyl (C=O) groups excluding carboxylic acids is 2. The van der Waals surface area contributed by atoms with Gasteiger partial charge in [0.25, 0.3) is 5.91 Å². The van der Waals surface area contributed by atoms with E-state index in [0.29, 0.717) is 24.3 Å². The number of nitrogens with zero attached hydrogens (tertiary/aromatic N) is 1. The predicted molar refractivity (Wildman–Crippen MR) is 90.5 cm³/mol. The number of ether oxygens (including phenoxy) is 1. The molecule has 0 bridgehead atoms. The van der Waals surface area contributed by atoms with E-state index in [1.807, 2.05) is 35.2 Å². The fraction of sp³-hybridized carbons (Fsp3) is 0.263. The van der Waals surface area contributed by atoms with E-state index in [2.05, 4.69) is 0 Å². The Morgan fingerprint density at radius 1 is 1.12 bits per heavy atom. The van der Waals surface area contributed by atoms with Gasteiger partial charge in [-0.1, -0.05) is 30.3 Å². The molecule has 5 heteroatoms. The molecule has 2 N–H and O–H groups in total. The third kappa shape index (κ3) is 3.74. The number of benzene rings is 2. The Balaban J connectivity index is 1.65. The summed E-state index contributed by atoms with van der Waals surface area (Å²) in [5.74, 6) is 0.0910. The molecule has 0 aromatic heterocycles. The molecule has 1 unspecified atom stereocenters. The van der Waals surface area contributed by atoms with Crippen LogP contribution in [0, 0.1) is 0 Å². The van der Waals surface area contributed by atoms with E-state index in [1.54, 1.807) is 24.3 Å². The number of primary amides is 1. The Hall–Kier alpha value is -2.82. The molecule has 1 heterocycles. The molecular weight excluding hydrogens is 304 g/mol. The van der Waals surface area contributed by atoms with E-state index in [4.69, 9.17) is 10.5 Å². The molecule has 124 valence electrons. The molecule has 1 aliphatic heterocycles. The van der Waals surface area contributed by atoms with Crippen LogP contribution in [0.3, 0.4) is 0 Å². The zero-order valence-electron chi connectivity index (χ0n) is 13.4. The molecule has 1 saturated heterocycles. The van der Waals surface area contributed by atoms with Crippen molar-refractivity contribution in [3.8, 4) is 5.75 Å². The highest BCUT2D eigenvalue weighted by Gasteiger charge is 2.30. The van der Waals surface area contributed by atoms with Crippen LogP contribution in [0.15, 0.2) is 54.6 Å². The maximum atomic E-state index is 12.6. The Morgan fingerprint density at radius 2 is 1.83 bits per heavy atom. The average molecular weight is 324 g/mol. The zero-order valence-corrected chi connectivity index (χ0v) is 13.4. The van der Waals surface area contributed by atoms with Crippen LogP contribution in [0.1, 0.15) is 28.8 Å². The summed E-state index contributed by atoms with van der Waals surface area (Å²) < 4.78 is 5.83. The highest BCUT2D eigenvalue weighted by molar-refractivity contribution is 5.92. The fourth-order valence-corrected chi connectivity index (χ4v) is 2.84. The van der Waals surface area contributed by atoms with Crippen molar-refractivity contribution in [2.45, 2.75) is 25.5 Å². The van der Waals surface area contributed by atoms with Crippen LogP contribution in [-0.2, 0) is 11.3 Å². The van der Waals surface area contributed by atoms with E-state index in [-0.39, 0.29) is 5.91 Å². The summed E-state index contributed by atoms with van der Waals surface area (Å²) in [6, 6.07) is 16.5. The van der Waals surface area contributed by atoms with E-state index in [1.165, 1.54) is 0 Å². The van der Waals surface area contributed by atoms with Crippen molar-refractivity contribution < 1.29 is 14.3 Å². The number of amides is 2. The van der Waals surface area contributed by atoms with E-state index in [9.17, 15) is 9.59 Å². The lowest BCUT2D eigenvalue weighted by Crippen LogP contribution is -2.46. The van der Waals surface area contributed by atoms with Crippen LogP contribution in [0.4, 0.5) is 0 Å². The molecule has 3 rings (SSSR count). The number of piperidine rings is 1. The maximum absolute atomic E-state index is 12.6. The van der Waals surface area contributed by atoms with Gasteiger partial charge in [-0.25, -0.2) is 0 Å². The summed E-state index contributed by atoms with van der Waals surface area (Å²) in [4.78, 5) is 25.6. The molecule has 2 aromatic carbocycles. The van der Waals surface area contributed by atoms with Crippen LogP contribution in [0.2, 0.25) is 0 Å². The monoisotopic (exact) mass is 324 g/mol. The lowest BCUT2D eigenvalue weighted by molar-refractivity contribution is -0.142. The predicted octanol–water partition coefficient (Wildman–Crippen LogP) is 2.36. The van der Waals surface area contributed by atoms with Crippen LogP contribution < -0.4 is 10.5 Å². The Kier molecular flexibility index (Phi) is 4.79. The molecule has 0 aliphatic carbocycles. The molecule has 1 aliphatic rings. The second-order valence-electron chi connectivity index (χ2n) is 5.88. The molecule has 5 nitrogen and oxygen atoms in total. The van der Waals surface area contributed by atoms with Crippen molar-refractivity contribution in [1.29, 1.82) is 0 Å². The largest absolute Gasteiger partial charge is 0.481 e. The minimum Gasteiger partial charge on any atom is -0.481 e. The van der Waals surface area contributed by atoms with Gasteiger partial charge in [0.05, 0.1) is 0 Å². The second kappa shape index (κ2) is 7.17. The Bertz CT molecular complexity index is 713. The van der Waals surface area contributed by atoms with Crippen LogP contribution in [0.25, 0.3) is 0 Å². The first-order valence-electron chi connectivity index (χ1n) is 8.03. The van der Waals surface area contributed by atoms with Gasteiger partial charge in [-0.3, -0.25) is 9.59 Å². The van der Waals surface area contributed by atoms with Gasteiger partial charge in [0.1, 0.15) is 5.75 Å². The SMILES string of the molecule is NC(=O)c1ccc(OC2CCCN(Cc3ccccc3)C2=O)cc1. The highest BCUT2D eigenvalue weighted by Crippen LogP contribution is 2.21. The summed E-state index contributed by atoms with van der Waals surface area (Å²) in [6.07, 6.45) is 1.12. The quantitative estimate of drug-likeness (QED) is 0.917. The summed E-state index contributed by atoms with van der Waals surface area (Å²) in [7, 11) is 0. The normalized spacial score (nSPS) is 17.6. The molecule has 1 atom stereocenters. The third-order valence-corrected chi connectivity index (χ3v) is 4.11. The first-order chi connectivity index (χ1) is 11.6. The average Bonchev–Trinajstić information content (AvgIpc) is 2.60. The van der Waals surface area contributed by atoms with Crippen molar-refractivity contribution in [2.24, 2.45) is 5.73 Å². The van der Waals surface area contributed by atoms with Crippen molar-refractivity contribution in [2.75, 3.05) is 6.54 Å². The highest BCUT2D eigenvalue weighted by atomic mass is 16.5. The number of nitrogens with two attached hydrogens (primary N) is 1. The third-order valence-electron chi connectivity index (χ3n) is 4.11. The molecule has 0 spiro atoms. The number of rotatable bonds is 5. The van der Waals surface area contributed by atoms with Crippen LogP contribution >= 0.6 is 0 Å². The van der Waals surface area contributed by atoms with Gasteiger partial charge in [0.2, 0.25) is 5.91 Å². The molecule has 0 radical (unpaired) electrons. The van der Waals surface area contributed by atoms with E-state index >= 15 is 0 Å². The lowest BCUT2D eigenvalue weighted by Gasteiger charge is -2.32. The van der Waals surface area contributed by atoms with E-state index in [0.717, 1.165) is 18.5 Å². The molecule has 1 fully saturated rings. The van der Waals surface area contributed by atoms with Crippen molar-refractivity contribution in [3.63, 3.8) is 0 Å². The van der Waals surface area contributed by atoms with Gasteiger partial charge in [0, 0.05) is 18.7 Å². The van der Waals surface area contributed by atoms with Gasteiger partial charge in [-0.05, 0) is 42.7 Å². The maximum Gasteiger partial charge on any atom is 0.263 e. The van der Waals surface area contributed by atoms with Crippen LogP contribution in [-0.4, -0.2) is 29.4 Å². The fourth-order valence-electron chi connectivity index (χ4n) is 2.84. The number of hydrogen-bond donors (Lipinski definition) is 1. The smallest absolute Gasteiger partial charge is 0.263 e. The zero-order chi connectivity index (χ0) is 16.9. The molecule has 24 heavy (non-hydrogen) atoms. The van der Waals surface area contributed by atoms with Gasteiger partial charge in [-0.15, -0.1) is 0 Å². The molecule has 2 amide bonds. The van der Waals surface area contributed by atoms with Crippen molar-refractivity contribution in [1.82, 2.24) is 4.90 Å². The Labute approximate surface area is 141 Å². The lowest BCUT2D eigenvalue weighted by atomic mass is 10.1. The number of hydrogen-bond acceptors (Lipinski definition) is 3. The van der Waals surface area contributed by atoms with Gasteiger partial charge in [-0.2, -0.15) is 0 Å². The summed E-state index contributed by atoms with van der Waals surface area (Å²) in [5, 5.41) is 0. The van der Waals surface area contributed by atoms with Gasteiger partial charge in [0.15, 0.2) is 6.10 Å². The molecular formula is C19H20N2O3. The first kappa shape index (κ1) is 16.1. The number of carbonyl (C=O) groups is 2. The van der Waals surface area contributed by atoms with Crippen molar-refractivity contribution in [3.05, 3.63) is 65.7 Å². The van der Waals surface area contributed by atoms with Crippen molar-refractivity contribution >= 4 is 11.8 Å². The van der Waals surface area contributed by atoms with Crippen LogP contribution in [0.5, 0.6) is 5.75 Å². The first-order valence-corrected chi connectivity index (χ1v) is 8.03. The van der Waals surface area contributed by atoms with E-state index < -0.39 is 12.0 Å². The molecule has 2 aromatic rings. The minimum atomic E-state index is -0.484. The number of likely N-dealkylation sites (tertiary alicyclic amines) is 1. The topological polar surface area (TPSA) is 72.6 Å². The van der Waals surface area contributed by atoms with Gasteiger partial charge >= 0.3 is 0 Å². The standard InChI is InChI=1S/C19H20N2O3/c20-18(22)15-8-10-16(11-9-15)24-17-7-4-12-21(19(17)23)13-14-5-2-1-3-6-14/h1-3,5-6,8-11,17H,4,7,12-13H2,(H2,20,22). The minimum absolute atomic E-state index is 0.00378. The molecule has 0 saturated carbocycles. The Morgan fingerprint density at radius 3 is 2.50 bits per heavy atom. The second-order valence-corrected chi connectivity index (χ2v) is 5.88. The summed E-state index contributed by atoms with van der Waals surface area (Å²) in [6.45, 7) is 1.34.